The van der Waals surface area contributed by atoms with Gasteiger partial charge in [-0.25, -0.2) is 8.78 Å². The van der Waals surface area contributed by atoms with E-state index in [-0.39, 0.29) is 12.2 Å². The highest BCUT2D eigenvalue weighted by atomic mass is 19.3. The van der Waals surface area contributed by atoms with Gasteiger partial charge in [0.2, 0.25) is 6.43 Å². The first kappa shape index (κ1) is 13.5. The number of ketones is 1. The topological polar surface area (TPSA) is 17.1 Å². The molecule has 0 aromatic rings. The Kier molecular flexibility index (Phi) is 7.63. The molecule has 1 atom stereocenters. The highest BCUT2D eigenvalue weighted by Crippen LogP contribution is 2.20. The molecule has 0 radical (unpaired) electrons. The number of carbonyl (C=O) groups is 1. The number of rotatable bonds is 8. The molecule has 0 fully saturated rings. The van der Waals surface area contributed by atoms with Crippen molar-refractivity contribution in [1.82, 2.24) is 0 Å². The van der Waals surface area contributed by atoms with Gasteiger partial charge in [0.15, 0.2) is 0 Å². The predicted octanol–water partition coefficient (Wildman–Crippen LogP) is 3.82. The summed E-state index contributed by atoms with van der Waals surface area (Å²) in [6.07, 6.45) is 1.94. The highest BCUT2D eigenvalue weighted by Gasteiger charge is 2.25. The summed E-state index contributed by atoms with van der Waals surface area (Å²) in [6.45, 7) is 3.71. The number of hydrogen-bond donors (Lipinski definition) is 0. The van der Waals surface area contributed by atoms with Crippen molar-refractivity contribution < 1.29 is 13.6 Å². The molecule has 0 saturated carbocycles. The quantitative estimate of drug-likeness (QED) is 0.552. The monoisotopic (exact) mass is 206 g/mol. The lowest BCUT2D eigenvalue weighted by atomic mass is 9.95. The molecular formula is C11H20F2O. The first-order valence-electron chi connectivity index (χ1n) is 5.44. The third kappa shape index (κ3) is 5.30. The SMILES string of the molecule is CCCCCCC(C(=O)CC)C(F)F. The van der Waals surface area contributed by atoms with Crippen molar-refractivity contribution in [3.63, 3.8) is 0 Å². The van der Waals surface area contributed by atoms with Crippen LogP contribution in [0.25, 0.3) is 0 Å². The van der Waals surface area contributed by atoms with E-state index in [0.29, 0.717) is 6.42 Å². The van der Waals surface area contributed by atoms with Gasteiger partial charge in [0.05, 0.1) is 5.92 Å². The maximum absolute atomic E-state index is 12.4. The van der Waals surface area contributed by atoms with E-state index in [4.69, 9.17) is 0 Å². The second-order valence-corrected chi connectivity index (χ2v) is 3.61. The fourth-order valence-electron chi connectivity index (χ4n) is 1.48. The molecule has 0 amide bonds. The molecule has 0 rings (SSSR count). The van der Waals surface area contributed by atoms with Crippen LogP contribution in [0.2, 0.25) is 0 Å². The van der Waals surface area contributed by atoms with Crippen LogP contribution < -0.4 is 0 Å². The van der Waals surface area contributed by atoms with Crippen LogP contribution in [0.3, 0.4) is 0 Å². The molecule has 0 aliphatic heterocycles. The van der Waals surface area contributed by atoms with Crippen molar-refractivity contribution >= 4 is 5.78 Å². The first-order valence-corrected chi connectivity index (χ1v) is 5.44. The summed E-state index contributed by atoms with van der Waals surface area (Å²) in [7, 11) is 0. The van der Waals surface area contributed by atoms with E-state index in [2.05, 4.69) is 6.92 Å². The zero-order valence-electron chi connectivity index (χ0n) is 9.06. The van der Waals surface area contributed by atoms with Crippen molar-refractivity contribution in [3.05, 3.63) is 0 Å². The van der Waals surface area contributed by atoms with Crippen LogP contribution >= 0.6 is 0 Å². The van der Waals surface area contributed by atoms with Crippen LogP contribution in [-0.4, -0.2) is 12.2 Å². The van der Waals surface area contributed by atoms with Crippen LogP contribution in [0, 0.1) is 5.92 Å². The summed E-state index contributed by atoms with van der Waals surface area (Å²) in [6, 6.07) is 0. The van der Waals surface area contributed by atoms with Crippen LogP contribution in [0.15, 0.2) is 0 Å². The highest BCUT2D eigenvalue weighted by molar-refractivity contribution is 5.81. The Morgan fingerprint density at radius 3 is 2.21 bits per heavy atom. The number of unbranched alkanes of at least 4 members (excludes halogenated alkanes) is 3. The maximum atomic E-state index is 12.4. The van der Waals surface area contributed by atoms with Crippen LogP contribution in [0.1, 0.15) is 52.4 Å². The second kappa shape index (κ2) is 7.89. The van der Waals surface area contributed by atoms with Gasteiger partial charge in [-0.2, -0.15) is 0 Å². The van der Waals surface area contributed by atoms with Crippen molar-refractivity contribution in [2.75, 3.05) is 0 Å². The molecule has 0 aromatic carbocycles. The van der Waals surface area contributed by atoms with E-state index in [1.165, 1.54) is 0 Å². The molecule has 0 heterocycles. The lowest BCUT2D eigenvalue weighted by Gasteiger charge is -2.13. The van der Waals surface area contributed by atoms with E-state index in [0.717, 1.165) is 25.7 Å². The Labute approximate surface area is 84.9 Å². The van der Waals surface area contributed by atoms with E-state index in [1.807, 2.05) is 0 Å². The van der Waals surface area contributed by atoms with Gasteiger partial charge >= 0.3 is 0 Å². The summed E-state index contributed by atoms with van der Waals surface area (Å²) in [5.74, 6) is -1.31. The lowest BCUT2D eigenvalue weighted by molar-refractivity contribution is -0.127. The van der Waals surface area contributed by atoms with Crippen molar-refractivity contribution in [2.45, 2.75) is 58.8 Å². The van der Waals surface area contributed by atoms with Crippen molar-refractivity contribution in [2.24, 2.45) is 5.92 Å². The van der Waals surface area contributed by atoms with Crippen molar-refractivity contribution in [3.8, 4) is 0 Å². The van der Waals surface area contributed by atoms with Crippen LogP contribution in [-0.2, 0) is 4.79 Å². The minimum absolute atomic E-state index is 0.225. The summed E-state index contributed by atoms with van der Waals surface area (Å²) in [4.78, 5) is 11.1. The third-order valence-corrected chi connectivity index (χ3v) is 2.43. The summed E-state index contributed by atoms with van der Waals surface area (Å²) in [5.41, 5.74) is 0. The minimum Gasteiger partial charge on any atom is -0.299 e. The summed E-state index contributed by atoms with van der Waals surface area (Å²) < 4.78 is 24.9. The third-order valence-electron chi connectivity index (χ3n) is 2.43. The van der Waals surface area contributed by atoms with Gasteiger partial charge in [-0.1, -0.05) is 39.5 Å². The fourth-order valence-corrected chi connectivity index (χ4v) is 1.48. The summed E-state index contributed by atoms with van der Waals surface area (Å²) >= 11 is 0. The number of Topliss-reactive ketones (excluding diaryl/α,β-unsaturated/α-hetero) is 1. The van der Waals surface area contributed by atoms with E-state index >= 15 is 0 Å². The Morgan fingerprint density at radius 1 is 1.14 bits per heavy atom. The van der Waals surface area contributed by atoms with Gasteiger partial charge in [0, 0.05) is 6.42 Å². The molecule has 0 aromatic heterocycles. The number of halogens is 2. The molecule has 1 nitrogen and oxygen atoms in total. The van der Waals surface area contributed by atoms with E-state index in [1.54, 1.807) is 6.92 Å². The van der Waals surface area contributed by atoms with Crippen molar-refractivity contribution in [1.29, 1.82) is 0 Å². The predicted molar refractivity (Wildman–Crippen MR) is 53.6 cm³/mol. The molecule has 0 N–H and O–H groups in total. The molecule has 84 valence electrons. The Morgan fingerprint density at radius 2 is 1.79 bits per heavy atom. The normalized spacial score (nSPS) is 13.2. The molecule has 14 heavy (non-hydrogen) atoms. The lowest BCUT2D eigenvalue weighted by Crippen LogP contribution is -2.21. The Hall–Kier alpha value is -0.470. The first-order chi connectivity index (χ1) is 6.63. The maximum Gasteiger partial charge on any atom is 0.248 e. The zero-order valence-corrected chi connectivity index (χ0v) is 9.06. The van der Waals surface area contributed by atoms with Gasteiger partial charge in [0.25, 0.3) is 0 Å². The number of carbonyl (C=O) groups excluding carboxylic acids is 1. The van der Waals surface area contributed by atoms with E-state index < -0.39 is 12.3 Å². The molecule has 1 unspecified atom stereocenters. The molecule has 0 bridgehead atoms. The fraction of sp³-hybridized carbons (Fsp3) is 0.909. The molecule has 0 aliphatic carbocycles. The van der Waals surface area contributed by atoms with Gasteiger partial charge < -0.3 is 0 Å². The average molecular weight is 206 g/mol. The van der Waals surface area contributed by atoms with Crippen LogP contribution in [0.4, 0.5) is 8.78 Å². The smallest absolute Gasteiger partial charge is 0.248 e. The minimum atomic E-state index is -2.48. The number of alkyl halides is 2. The molecule has 0 saturated heterocycles. The molecule has 0 aliphatic rings. The largest absolute Gasteiger partial charge is 0.299 e. The molecule has 3 heteroatoms. The van der Waals surface area contributed by atoms with Gasteiger partial charge in [-0.15, -0.1) is 0 Å². The zero-order chi connectivity index (χ0) is 11.0. The summed E-state index contributed by atoms with van der Waals surface area (Å²) in [5, 5.41) is 0. The van der Waals surface area contributed by atoms with Gasteiger partial charge in [-0.3, -0.25) is 4.79 Å². The number of hydrogen-bond acceptors (Lipinski definition) is 1. The van der Waals surface area contributed by atoms with Gasteiger partial charge in [-0.05, 0) is 6.42 Å². The van der Waals surface area contributed by atoms with Crippen LogP contribution in [0.5, 0.6) is 0 Å². The Balaban J connectivity index is 3.80. The molecular weight excluding hydrogens is 186 g/mol. The average Bonchev–Trinajstić information content (AvgIpc) is 2.16. The Bertz CT molecular complexity index is 157. The standard InChI is InChI=1S/C11H20F2O/c1-3-5-6-7-8-9(11(12)13)10(14)4-2/h9,11H,3-8H2,1-2H3. The second-order valence-electron chi connectivity index (χ2n) is 3.61. The van der Waals surface area contributed by atoms with E-state index in [9.17, 15) is 13.6 Å². The van der Waals surface area contributed by atoms with Gasteiger partial charge in [0.1, 0.15) is 5.78 Å². The molecule has 0 spiro atoms.